The van der Waals surface area contributed by atoms with Gasteiger partial charge in [0, 0.05) is 28.5 Å². The number of hydrogen-bond donors (Lipinski definition) is 1. The Bertz CT molecular complexity index is 582. The molecule has 2 aromatic rings. The van der Waals surface area contributed by atoms with Crippen molar-refractivity contribution >= 4 is 17.3 Å². The lowest BCUT2D eigenvalue weighted by Gasteiger charge is -2.09. The van der Waals surface area contributed by atoms with E-state index in [0.717, 1.165) is 23.4 Å². The molecule has 1 N–H and O–H groups in total. The highest BCUT2D eigenvalue weighted by molar-refractivity contribution is 6.30. The molecule has 1 heterocycles. The molecular weight excluding hydrogens is 286 g/mol. The Morgan fingerprint density at radius 1 is 1.19 bits per heavy atom. The zero-order valence-electron chi connectivity index (χ0n) is 12.2. The van der Waals surface area contributed by atoms with E-state index in [9.17, 15) is 0 Å². The second kappa shape index (κ2) is 7.76. The topological polar surface area (TPSA) is 38.9 Å². The quantitative estimate of drug-likeness (QED) is 0.501. The van der Waals surface area contributed by atoms with Crippen molar-refractivity contribution in [2.24, 2.45) is 5.16 Å². The zero-order valence-corrected chi connectivity index (χ0v) is 13.0. The van der Waals surface area contributed by atoms with E-state index in [1.165, 1.54) is 4.90 Å². The minimum Gasteiger partial charge on any atom is -0.389 e. The van der Waals surface area contributed by atoms with Crippen molar-refractivity contribution in [3.8, 4) is 0 Å². The maximum Gasteiger partial charge on any atom is 0.165 e. The van der Waals surface area contributed by atoms with Crippen molar-refractivity contribution in [1.82, 2.24) is 4.98 Å². The summed E-state index contributed by atoms with van der Waals surface area (Å²) in [5.41, 5.74) is 2.62. The number of halogens is 1. The molecule has 0 radical (unpaired) electrons. The average Bonchev–Trinajstić information content (AvgIpc) is 2.49. The zero-order chi connectivity index (χ0) is 15.1. The van der Waals surface area contributed by atoms with E-state index in [0.29, 0.717) is 11.6 Å². The van der Waals surface area contributed by atoms with Gasteiger partial charge >= 0.3 is 0 Å². The summed E-state index contributed by atoms with van der Waals surface area (Å²) in [6.45, 7) is 1.46. The third kappa shape index (κ3) is 4.85. The van der Waals surface area contributed by atoms with E-state index in [-0.39, 0.29) is 0 Å². The molecule has 0 amide bonds. The minimum absolute atomic E-state index is 0.569. The Balaban J connectivity index is 2.22. The maximum absolute atomic E-state index is 5.94. The van der Waals surface area contributed by atoms with Gasteiger partial charge in [0.2, 0.25) is 0 Å². The fourth-order valence-electron chi connectivity index (χ4n) is 1.74. The van der Waals surface area contributed by atoms with Gasteiger partial charge < -0.3 is 9.74 Å². The molecule has 0 saturated heterocycles. The maximum atomic E-state index is 5.94. The second-order valence-electron chi connectivity index (χ2n) is 4.98. The number of hydrogen-bond acceptors (Lipinski definition) is 3. The molecule has 0 fully saturated rings. The summed E-state index contributed by atoms with van der Waals surface area (Å²) >= 11 is 5.94. The van der Waals surface area contributed by atoms with Crippen LogP contribution in [0.25, 0.3) is 0 Å². The third-order valence-corrected chi connectivity index (χ3v) is 3.15. The Kier molecular flexibility index (Phi) is 5.72. The molecule has 0 aliphatic heterocycles. The van der Waals surface area contributed by atoms with E-state index in [1.54, 1.807) is 12.4 Å². The van der Waals surface area contributed by atoms with Crippen molar-refractivity contribution in [3.05, 3.63) is 64.9 Å². The highest BCUT2D eigenvalue weighted by Crippen LogP contribution is 2.14. The van der Waals surface area contributed by atoms with Crippen LogP contribution in [0.2, 0.25) is 5.02 Å². The van der Waals surface area contributed by atoms with Gasteiger partial charge in [0.25, 0.3) is 0 Å². The van der Waals surface area contributed by atoms with Crippen LogP contribution in [0, 0.1) is 0 Å². The lowest BCUT2D eigenvalue weighted by Crippen LogP contribution is -3.06. The van der Waals surface area contributed by atoms with Crippen LogP contribution in [0.4, 0.5) is 0 Å². The monoisotopic (exact) mass is 304 g/mol. The first-order chi connectivity index (χ1) is 10.2. The molecule has 0 aliphatic carbocycles. The van der Waals surface area contributed by atoms with Gasteiger partial charge in [-0.2, -0.15) is 0 Å². The number of oxime groups is 1. The lowest BCUT2D eigenvalue weighted by molar-refractivity contribution is -0.858. The highest BCUT2D eigenvalue weighted by atomic mass is 35.5. The summed E-state index contributed by atoms with van der Waals surface area (Å²) in [5.74, 6) is 0. The number of quaternary nitrogens is 1. The number of likely N-dealkylation sites (N-methyl/N-ethyl adjacent to an activating group) is 1. The predicted octanol–water partition coefficient (Wildman–Crippen LogP) is 1.65. The molecule has 0 bridgehead atoms. The van der Waals surface area contributed by atoms with Crippen molar-refractivity contribution in [1.29, 1.82) is 0 Å². The molecule has 0 unspecified atom stereocenters. The van der Waals surface area contributed by atoms with Crippen molar-refractivity contribution in [2.75, 3.05) is 27.2 Å². The molecule has 21 heavy (non-hydrogen) atoms. The fourth-order valence-corrected chi connectivity index (χ4v) is 1.87. The summed E-state index contributed by atoms with van der Waals surface area (Å²) in [5, 5.41) is 4.98. The van der Waals surface area contributed by atoms with Gasteiger partial charge in [-0.1, -0.05) is 28.9 Å². The van der Waals surface area contributed by atoms with Crippen LogP contribution in [0.1, 0.15) is 11.1 Å². The second-order valence-corrected chi connectivity index (χ2v) is 5.42. The number of rotatable bonds is 6. The van der Waals surface area contributed by atoms with Crippen LogP contribution in [0.15, 0.2) is 53.9 Å². The van der Waals surface area contributed by atoms with Crippen LogP contribution in [0.5, 0.6) is 0 Å². The number of pyridine rings is 1. The van der Waals surface area contributed by atoms with E-state index < -0.39 is 0 Å². The Labute approximate surface area is 130 Å². The van der Waals surface area contributed by atoms with Crippen molar-refractivity contribution in [2.45, 2.75) is 0 Å². The summed E-state index contributed by atoms with van der Waals surface area (Å²) in [6, 6.07) is 11.4. The third-order valence-electron chi connectivity index (χ3n) is 2.90. The number of aromatic nitrogens is 1. The number of nitrogens with one attached hydrogen (secondary N) is 1. The largest absolute Gasteiger partial charge is 0.389 e. The summed E-state index contributed by atoms with van der Waals surface area (Å²) in [7, 11) is 4.16. The standard InChI is InChI=1S/C16H18ClN3O/c1-20(2)10-11-21-19-16(14-4-3-9-18-12-14)13-5-7-15(17)8-6-13/h3-9,12H,10-11H2,1-2H3/p+1/b19-16-. The van der Waals surface area contributed by atoms with Crippen molar-refractivity contribution < 1.29 is 9.74 Å². The van der Waals surface area contributed by atoms with E-state index in [1.807, 2.05) is 36.4 Å². The van der Waals surface area contributed by atoms with Crippen LogP contribution >= 0.6 is 11.6 Å². The molecule has 1 aromatic carbocycles. The van der Waals surface area contributed by atoms with Gasteiger partial charge in [0.15, 0.2) is 6.61 Å². The number of nitrogens with zero attached hydrogens (tertiary/aromatic N) is 2. The lowest BCUT2D eigenvalue weighted by atomic mass is 10.0. The smallest absolute Gasteiger partial charge is 0.165 e. The molecule has 0 spiro atoms. The molecular formula is C16H19ClN3O+. The Morgan fingerprint density at radius 3 is 2.57 bits per heavy atom. The molecule has 0 saturated carbocycles. The summed E-state index contributed by atoms with van der Waals surface area (Å²) < 4.78 is 0. The van der Waals surface area contributed by atoms with Gasteiger partial charge in [0.1, 0.15) is 12.3 Å². The van der Waals surface area contributed by atoms with Crippen molar-refractivity contribution in [3.63, 3.8) is 0 Å². The first-order valence-corrected chi connectivity index (χ1v) is 7.20. The van der Waals surface area contributed by atoms with Crippen LogP contribution < -0.4 is 4.90 Å². The Morgan fingerprint density at radius 2 is 1.95 bits per heavy atom. The van der Waals surface area contributed by atoms with Crippen LogP contribution in [-0.4, -0.2) is 37.9 Å². The van der Waals surface area contributed by atoms with Gasteiger partial charge in [-0.3, -0.25) is 4.98 Å². The fraction of sp³-hybridized carbons (Fsp3) is 0.250. The minimum atomic E-state index is 0.569. The average molecular weight is 305 g/mol. The predicted molar refractivity (Wildman–Crippen MR) is 85.0 cm³/mol. The molecule has 0 atom stereocenters. The van der Waals surface area contributed by atoms with E-state index in [4.69, 9.17) is 16.4 Å². The van der Waals surface area contributed by atoms with Crippen LogP contribution in [0.3, 0.4) is 0 Å². The summed E-state index contributed by atoms with van der Waals surface area (Å²) in [6.07, 6.45) is 3.51. The van der Waals surface area contributed by atoms with Gasteiger partial charge in [0.05, 0.1) is 14.1 Å². The first kappa shape index (κ1) is 15.5. The van der Waals surface area contributed by atoms with Gasteiger partial charge in [-0.05, 0) is 24.3 Å². The molecule has 0 aliphatic rings. The van der Waals surface area contributed by atoms with E-state index >= 15 is 0 Å². The first-order valence-electron chi connectivity index (χ1n) is 6.82. The Hall–Kier alpha value is -1.91. The molecule has 110 valence electrons. The molecule has 1 aromatic heterocycles. The molecule has 5 heteroatoms. The van der Waals surface area contributed by atoms with Gasteiger partial charge in [-0.15, -0.1) is 0 Å². The van der Waals surface area contributed by atoms with Crippen LogP contribution in [-0.2, 0) is 4.84 Å². The normalized spacial score (nSPS) is 11.7. The number of benzene rings is 1. The SMILES string of the molecule is C[NH+](C)CCO/N=C(/c1ccc(Cl)cc1)c1cccnc1. The summed E-state index contributed by atoms with van der Waals surface area (Å²) in [4.78, 5) is 10.9. The molecule has 2 rings (SSSR count). The molecule has 4 nitrogen and oxygen atoms in total. The van der Waals surface area contributed by atoms with E-state index in [2.05, 4.69) is 24.2 Å². The highest BCUT2D eigenvalue weighted by Gasteiger charge is 2.08. The van der Waals surface area contributed by atoms with Gasteiger partial charge in [-0.25, -0.2) is 0 Å².